The standard InChI is InChI=1S/C64H42N8/c1-5-25-55-43(17-1)41-59(51-21-9-13-37-65-51)69(55)45-29-33-47(34-30-45)71-57-27-7-3-19-49(57)61(63(71)53-23-11-15-39-67-53)62-50-20-4-8-28-58(50)72(64(62)54-24-12-16-40-68-54)48-35-31-46(32-36-48)70-56-26-6-2-18-44(56)42-60(70)52-22-10-14-38-66-52/h1-42H. The number of benzene rings is 6. The van der Waals surface area contributed by atoms with Gasteiger partial charge in [-0.1, -0.05) is 97.1 Å². The van der Waals surface area contributed by atoms with Crippen LogP contribution in [0, 0.1) is 0 Å². The van der Waals surface area contributed by atoms with Gasteiger partial charge in [-0.3, -0.25) is 19.9 Å². The maximum absolute atomic E-state index is 5.13. The summed E-state index contributed by atoms with van der Waals surface area (Å²) >= 11 is 0. The van der Waals surface area contributed by atoms with E-state index < -0.39 is 0 Å². The molecule has 8 heteroatoms. The molecule has 338 valence electrons. The van der Waals surface area contributed by atoms with E-state index in [1.807, 2.05) is 61.2 Å². The van der Waals surface area contributed by atoms with Crippen molar-refractivity contribution < 1.29 is 0 Å². The SMILES string of the molecule is c1ccc(-c2cc3ccccc3n2-c2ccc(-n3c(-c4ccccn4)c(-c4c(-c5ccccn5)n(-c5ccc(-n6c(-c7ccccn7)cc7ccccc76)cc5)c5ccccc45)c4ccccc43)cc2)nc1. The summed E-state index contributed by atoms with van der Waals surface area (Å²) in [5.74, 6) is 0. The van der Waals surface area contributed by atoms with E-state index in [2.05, 4.69) is 212 Å². The highest BCUT2D eigenvalue weighted by Gasteiger charge is 2.30. The van der Waals surface area contributed by atoms with Gasteiger partial charge in [0.25, 0.3) is 0 Å². The molecule has 14 aromatic rings. The van der Waals surface area contributed by atoms with Crippen molar-refractivity contribution in [3.05, 3.63) is 255 Å². The molecule has 6 aromatic carbocycles. The van der Waals surface area contributed by atoms with E-state index in [0.29, 0.717) is 0 Å². The average molecular weight is 923 g/mol. The highest BCUT2D eigenvalue weighted by molar-refractivity contribution is 6.16. The van der Waals surface area contributed by atoms with Gasteiger partial charge in [0, 0.05) is 80.2 Å². The Bertz CT molecular complexity index is 4000. The van der Waals surface area contributed by atoms with Gasteiger partial charge in [-0.2, -0.15) is 0 Å². The van der Waals surface area contributed by atoms with E-state index >= 15 is 0 Å². The van der Waals surface area contributed by atoms with Gasteiger partial charge in [-0.15, -0.1) is 0 Å². The molecule has 8 aromatic heterocycles. The van der Waals surface area contributed by atoms with Crippen molar-refractivity contribution in [2.75, 3.05) is 0 Å². The van der Waals surface area contributed by atoms with Crippen molar-refractivity contribution in [1.29, 1.82) is 0 Å². The predicted octanol–water partition coefficient (Wildman–Crippen LogP) is 15.4. The highest BCUT2D eigenvalue weighted by atomic mass is 15.1. The van der Waals surface area contributed by atoms with E-state index in [1.165, 1.54) is 0 Å². The maximum atomic E-state index is 5.13. The van der Waals surface area contributed by atoms with Crippen molar-refractivity contribution in [2.45, 2.75) is 0 Å². The van der Waals surface area contributed by atoms with Crippen molar-refractivity contribution in [1.82, 2.24) is 38.2 Å². The fourth-order valence-electron chi connectivity index (χ4n) is 10.8. The first-order chi connectivity index (χ1) is 35.8. The van der Waals surface area contributed by atoms with Gasteiger partial charge >= 0.3 is 0 Å². The molecule has 0 saturated heterocycles. The van der Waals surface area contributed by atoms with Gasteiger partial charge in [0.2, 0.25) is 0 Å². The zero-order chi connectivity index (χ0) is 47.5. The summed E-state index contributed by atoms with van der Waals surface area (Å²) in [7, 11) is 0. The number of aromatic nitrogens is 8. The van der Waals surface area contributed by atoms with E-state index in [1.54, 1.807) is 0 Å². The molecule has 8 nitrogen and oxygen atoms in total. The lowest BCUT2D eigenvalue weighted by Gasteiger charge is -2.16. The van der Waals surface area contributed by atoms with Crippen LogP contribution in [0.4, 0.5) is 0 Å². The number of nitrogens with zero attached hydrogens (tertiary/aromatic N) is 8. The number of fused-ring (bicyclic) bond motifs is 4. The summed E-state index contributed by atoms with van der Waals surface area (Å²) < 4.78 is 9.38. The molecule has 14 rings (SSSR count). The largest absolute Gasteiger partial charge is 0.308 e. The Labute approximate surface area is 414 Å². The van der Waals surface area contributed by atoms with Crippen LogP contribution in [-0.2, 0) is 0 Å². The van der Waals surface area contributed by atoms with Crippen molar-refractivity contribution in [2.24, 2.45) is 0 Å². The molecule has 72 heavy (non-hydrogen) atoms. The van der Waals surface area contributed by atoms with E-state index in [4.69, 9.17) is 19.9 Å². The van der Waals surface area contributed by atoms with E-state index in [0.717, 1.165) is 123 Å². The molecule has 8 heterocycles. The Morgan fingerprint density at radius 3 is 0.917 bits per heavy atom. The van der Waals surface area contributed by atoms with Crippen LogP contribution in [0.3, 0.4) is 0 Å². The van der Waals surface area contributed by atoms with Crippen LogP contribution >= 0.6 is 0 Å². The number of rotatable bonds is 9. The first-order valence-electron chi connectivity index (χ1n) is 24.1. The Balaban J connectivity index is 0.999. The summed E-state index contributed by atoms with van der Waals surface area (Å²) in [6.07, 6.45) is 7.48. The normalized spacial score (nSPS) is 11.6. The number of para-hydroxylation sites is 4. The number of pyridine rings is 4. The fraction of sp³-hybridized carbons (Fsp3) is 0. The van der Waals surface area contributed by atoms with Crippen LogP contribution in [-0.4, -0.2) is 38.2 Å². The minimum Gasteiger partial charge on any atom is -0.308 e. The van der Waals surface area contributed by atoms with Gasteiger partial charge in [0.1, 0.15) is 0 Å². The van der Waals surface area contributed by atoms with Crippen LogP contribution < -0.4 is 0 Å². The number of hydrogen-bond acceptors (Lipinski definition) is 4. The molecule has 0 saturated carbocycles. The average Bonchev–Trinajstić information content (AvgIpc) is 4.23. The molecule has 0 aliphatic rings. The van der Waals surface area contributed by atoms with Crippen LogP contribution in [0.15, 0.2) is 255 Å². The highest BCUT2D eigenvalue weighted by Crippen LogP contribution is 2.50. The lowest BCUT2D eigenvalue weighted by Crippen LogP contribution is -2.02. The predicted molar refractivity (Wildman–Crippen MR) is 292 cm³/mol. The second-order valence-corrected chi connectivity index (χ2v) is 17.9. The first-order valence-corrected chi connectivity index (χ1v) is 24.1. The van der Waals surface area contributed by atoms with Gasteiger partial charge < -0.3 is 18.3 Å². The Morgan fingerprint density at radius 2 is 0.556 bits per heavy atom. The van der Waals surface area contributed by atoms with Crippen LogP contribution in [0.2, 0.25) is 0 Å². The smallest absolute Gasteiger partial charge is 0.0876 e. The maximum Gasteiger partial charge on any atom is 0.0876 e. The zero-order valence-electron chi connectivity index (χ0n) is 38.8. The minimum atomic E-state index is 0.859. The lowest BCUT2D eigenvalue weighted by molar-refractivity contribution is 1.08. The van der Waals surface area contributed by atoms with Crippen LogP contribution in [0.1, 0.15) is 0 Å². The third kappa shape index (κ3) is 6.61. The van der Waals surface area contributed by atoms with Crippen molar-refractivity contribution >= 4 is 43.6 Å². The number of hydrogen-bond donors (Lipinski definition) is 0. The van der Waals surface area contributed by atoms with Crippen molar-refractivity contribution in [3.63, 3.8) is 0 Å². The second-order valence-electron chi connectivity index (χ2n) is 17.9. The Kier molecular flexibility index (Phi) is 9.67. The molecule has 0 spiro atoms. The van der Waals surface area contributed by atoms with Gasteiger partial charge in [-0.05, 0) is 133 Å². The molecular weight excluding hydrogens is 881 g/mol. The summed E-state index contributed by atoms with van der Waals surface area (Å²) in [6.45, 7) is 0. The van der Waals surface area contributed by atoms with Gasteiger partial charge in [0.05, 0.1) is 67.6 Å². The summed E-state index contributed by atoms with van der Waals surface area (Å²) in [4.78, 5) is 19.8. The third-order valence-corrected chi connectivity index (χ3v) is 13.8. The van der Waals surface area contributed by atoms with Crippen LogP contribution in [0.5, 0.6) is 0 Å². The second kappa shape index (κ2) is 16.9. The quantitative estimate of drug-likeness (QED) is 0.145. The third-order valence-electron chi connectivity index (χ3n) is 13.8. The molecule has 0 aliphatic carbocycles. The Hall–Kier alpha value is -9.92. The molecule has 0 fully saturated rings. The van der Waals surface area contributed by atoms with E-state index in [-0.39, 0.29) is 0 Å². The molecule has 0 N–H and O–H groups in total. The summed E-state index contributed by atoms with van der Waals surface area (Å²) in [6, 6.07) is 81.2. The minimum absolute atomic E-state index is 0.859. The van der Waals surface area contributed by atoms with Crippen LogP contribution in [0.25, 0.3) is 123 Å². The lowest BCUT2D eigenvalue weighted by atomic mass is 9.96. The summed E-state index contributed by atoms with van der Waals surface area (Å²) in [5, 5.41) is 4.52. The zero-order valence-corrected chi connectivity index (χ0v) is 38.8. The van der Waals surface area contributed by atoms with Crippen molar-refractivity contribution in [3.8, 4) is 79.4 Å². The molecule has 0 atom stereocenters. The first kappa shape index (κ1) is 41.1. The molecule has 0 bridgehead atoms. The molecule has 0 radical (unpaired) electrons. The molecular formula is C64H42N8. The molecule has 0 unspecified atom stereocenters. The summed E-state index contributed by atoms with van der Waals surface area (Å²) in [5.41, 5.74) is 18.2. The van der Waals surface area contributed by atoms with Gasteiger partial charge in [-0.25, -0.2) is 0 Å². The molecule has 0 aliphatic heterocycles. The Morgan fingerprint density at radius 1 is 0.250 bits per heavy atom. The van der Waals surface area contributed by atoms with E-state index in [9.17, 15) is 0 Å². The fourth-order valence-corrected chi connectivity index (χ4v) is 10.8. The van der Waals surface area contributed by atoms with Gasteiger partial charge in [0.15, 0.2) is 0 Å². The topological polar surface area (TPSA) is 71.3 Å². The monoisotopic (exact) mass is 922 g/mol. The molecule has 0 amide bonds.